The summed E-state index contributed by atoms with van der Waals surface area (Å²) in [5, 5.41) is 5.84. The van der Waals surface area contributed by atoms with Gasteiger partial charge in [-0.2, -0.15) is 0 Å². The molecule has 0 bridgehead atoms. The molecule has 2 aromatic carbocycles. The van der Waals surface area contributed by atoms with Crippen molar-refractivity contribution in [3.8, 4) is 5.75 Å². The second kappa shape index (κ2) is 10.0. The molecular weight excluding hydrogens is 420 g/mol. The van der Waals surface area contributed by atoms with Crippen LogP contribution in [0, 0.1) is 0 Å². The highest BCUT2D eigenvalue weighted by Crippen LogP contribution is 2.28. The molecule has 0 radical (unpaired) electrons. The van der Waals surface area contributed by atoms with Crippen LogP contribution >= 0.6 is 0 Å². The van der Waals surface area contributed by atoms with E-state index in [0.717, 1.165) is 0 Å². The van der Waals surface area contributed by atoms with E-state index < -0.39 is 11.7 Å². The molecule has 2 amide bonds. The van der Waals surface area contributed by atoms with Gasteiger partial charge < -0.3 is 19.7 Å². The Kier molecular flexibility index (Phi) is 7.17. The van der Waals surface area contributed by atoms with Crippen LogP contribution in [0.4, 0.5) is 27.7 Å². The minimum absolute atomic E-state index is 0.146. The molecule has 1 aromatic heterocycles. The summed E-state index contributed by atoms with van der Waals surface area (Å²) < 4.78 is 10.7. The summed E-state index contributed by atoms with van der Waals surface area (Å²) in [6.45, 7) is 5.33. The SMILES string of the molecule is COc1ccccc1Nc1cc(NC(=O)OC(C)(C)C)cc(C(=O)N(C)c2ccccc2)n1. The molecule has 8 nitrogen and oxygen atoms in total. The molecule has 8 heteroatoms. The summed E-state index contributed by atoms with van der Waals surface area (Å²) in [4.78, 5) is 31.5. The van der Waals surface area contributed by atoms with E-state index in [9.17, 15) is 9.59 Å². The van der Waals surface area contributed by atoms with Gasteiger partial charge in [0.05, 0.1) is 18.5 Å². The zero-order valence-corrected chi connectivity index (χ0v) is 19.4. The van der Waals surface area contributed by atoms with Gasteiger partial charge in [0.1, 0.15) is 22.9 Å². The number of hydrogen-bond donors (Lipinski definition) is 2. The van der Waals surface area contributed by atoms with E-state index in [-0.39, 0.29) is 11.6 Å². The Hall–Kier alpha value is -4.07. The highest BCUT2D eigenvalue weighted by atomic mass is 16.6. The Morgan fingerprint density at radius 1 is 0.970 bits per heavy atom. The maximum Gasteiger partial charge on any atom is 0.412 e. The Labute approximate surface area is 193 Å². The molecule has 172 valence electrons. The van der Waals surface area contributed by atoms with E-state index in [4.69, 9.17) is 9.47 Å². The Bertz CT molecular complexity index is 1130. The Morgan fingerprint density at radius 2 is 1.64 bits per heavy atom. The van der Waals surface area contributed by atoms with Crippen LogP contribution in [-0.2, 0) is 4.74 Å². The van der Waals surface area contributed by atoms with Crippen LogP contribution in [0.25, 0.3) is 0 Å². The van der Waals surface area contributed by atoms with Gasteiger partial charge >= 0.3 is 6.09 Å². The first kappa shape index (κ1) is 23.6. The zero-order valence-electron chi connectivity index (χ0n) is 19.4. The highest BCUT2D eigenvalue weighted by molar-refractivity contribution is 6.05. The van der Waals surface area contributed by atoms with Crippen molar-refractivity contribution in [3.63, 3.8) is 0 Å². The van der Waals surface area contributed by atoms with Crippen molar-refractivity contribution in [1.29, 1.82) is 0 Å². The number of nitrogens with one attached hydrogen (secondary N) is 2. The second-order valence-electron chi connectivity index (χ2n) is 8.28. The van der Waals surface area contributed by atoms with Crippen LogP contribution in [0.15, 0.2) is 66.7 Å². The van der Waals surface area contributed by atoms with Crippen LogP contribution in [0.5, 0.6) is 5.75 Å². The number of anilines is 4. The molecule has 1 heterocycles. The van der Waals surface area contributed by atoms with Gasteiger partial charge in [-0.15, -0.1) is 0 Å². The van der Waals surface area contributed by atoms with Crippen molar-refractivity contribution >= 4 is 34.9 Å². The van der Waals surface area contributed by atoms with E-state index in [1.165, 1.54) is 11.0 Å². The predicted molar refractivity (Wildman–Crippen MR) is 130 cm³/mol. The van der Waals surface area contributed by atoms with Gasteiger partial charge in [-0.3, -0.25) is 10.1 Å². The number of carbonyl (C=O) groups is 2. The lowest BCUT2D eigenvalue weighted by atomic mass is 10.2. The fourth-order valence-corrected chi connectivity index (χ4v) is 3.02. The van der Waals surface area contributed by atoms with Gasteiger partial charge in [0.15, 0.2) is 0 Å². The van der Waals surface area contributed by atoms with Crippen molar-refractivity contribution < 1.29 is 19.1 Å². The third kappa shape index (κ3) is 6.46. The van der Waals surface area contributed by atoms with Crippen LogP contribution in [0.2, 0.25) is 0 Å². The topological polar surface area (TPSA) is 92.8 Å². The van der Waals surface area contributed by atoms with E-state index in [1.807, 2.05) is 48.5 Å². The van der Waals surface area contributed by atoms with Crippen LogP contribution in [0.1, 0.15) is 31.3 Å². The molecule has 3 aromatic rings. The van der Waals surface area contributed by atoms with Gasteiger partial charge in [-0.05, 0) is 51.1 Å². The van der Waals surface area contributed by atoms with Crippen molar-refractivity contribution in [2.75, 3.05) is 29.7 Å². The number of ether oxygens (including phenoxy) is 2. The summed E-state index contributed by atoms with van der Waals surface area (Å²) in [6, 6.07) is 19.7. The molecule has 0 spiro atoms. The lowest BCUT2D eigenvalue weighted by Gasteiger charge is -2.21. The molecule has 0 aliphatic heterocycles. The van der Waals surface area contributed by atoms with Gasteiger partial charge in [0, 0.05) is 18.8 Å². The van der Waals surface area contributed by atoms with Crippen molar-refractivity contribution in [2.45, 2.75) is 26.4 Å². The monoisotopic (exact) mass is 448 g/mol. The number of nitrogens with zero attached hydrogens (tertiary/aromatic N) is 2. The van der Waals surface area contributed by atoms with Gasteiger partial charge in [-0.25, -0.2) is 9.78 Å². The summed E-state index contributed by atoms with van der Waals surface area (Å²) in [7, 11) is 3.23. The van der Waals surface area contributed by atoms with Crippen molar-refractivity contribution in [3.05, 3.63) is 72.4 Å². The number of aromatic nitrogens is 1. The Balaban J connectivity index is 1.96. The Morgan fingerprint density at radius 3 is 2.30 bits per heavy atom. The highest BCUT2D eigenvalue weighted by Gasteiger charge is 2.20. The average molecular weight is 449 g/mol. The minimum Gasteiger partial charge on any atom is -0.495 e. The van der Waals surface area contributed by atoms with Crippen molar-refractivity contribution in [1.82, 2.24) is 4.98 Å². The summed E-state index contributed by atoms with van der Waals surface area (Å²) in [5.41, 5.74) is 1.22. The minimum atomic E-state index is -0.665. The van der Waals surface area contributed by atoms with E-state index in [1.54, 1.807) is 47.1 Å². The summed E-state index contributed by atoms with van der Waals surface area (Å²) in [6.07, 6.45) is -0.633. The molecule has 0 fully saturated rings. The van der Waals surface area contributed by atoms with Crippen LogP contribution < -0.4 is 20.3 Å². The summed E-state index contributed by atoms with van der Waals surface area (Å²) in [5.74, 6) is 0.633. The molecule has 0 unspecified atom stereocenters. The number of para-hydroxylation sites is 3. The standard InChI is InChI=1S/C25H28N4O4/c1-25(2,3)33-24(31)26-17-15-20(23(30)29(4)18-11-7-6-8-12-18)28-22(16-17)27-19-13-9-10-14-21(19)32-5/h6-16H,1-5H3,(H2,26,27,28,31). The maximum atomic E-state index is 13.2. The van der Waals surface area contributed by atoms with Crippen LogP contribution in [0.3, 0.4) is 0 Å². The molecule has 0 aliphatic rings. The maximum absolute atomic E-state index is 13.2. The molecule has 33 heavy (non-hydrogen) atoms. The number of amides is 2. The predicted octanol–water partition coefficient (Wildman–Crippen LogP) is 5.46. The third-order valence-electron chi connectivity index (χ3n) is 4.51. The van der Waals surface area contributed by atoms with Gasteiger partial charge in [0.25, 0.3) is 5.91 Å². The molecule has 0 aliphatic carbocycles. The lowest BCUT2D eigenvalue weighted by Crippen LogP contribution is -2.28. The zero-order chi connectivity index (χ0) is 24.0. The molecule has 0 saturated heterocycles. The molecule has 2 N–H and O–H groups in total. The number of pyridine rings is 1. The van der Waals surface area contributed by atoms with Crippen LogP contribution in [-0.4, -0.2) is 36.7 Å². The lowest BCUT2D eigenvalue weighted by molar-refractivity contribution is 0.0635. The first-order chi connectivity index (χ1) is 15.7. The fraction of sp³-hybridized carbons (Fsp3) is 0.240. The van der Waals surface area contributed by atoms with E-state index >= 15 is 0 Å². The average Bonchev–Trinajstić information content (AvgIpc) is 2.77. The fourth-order valence-electron chi connectivity index (χ4n) is 3.02. The first-order valence-corrected chi connectivity index (χ1v) is 10.4. The van der Waals surface area contributed by atoms with Gasteiger partial charge in [-0.1, -0.05) is 30.3 Å². The molecule has 3 rings (SSSR count). The summed E-state index contributed by atoms with van der Waals surface area (Å²) >= 11 is 0. The smallest absolute Gasteiger partial charge is 0.412 e. The van der Waals surface area contributed by atoms with E-state index in [0.29, 0.717) is 28.6 Å². The molecule has 0 saturated carbocycles. The number of rotatable bonds is 6. The quantitative estimate of drug-likeness (QED) is 0.520. The second-order valence-corrected chi connectivity index (χ2v) is 8.28. The number of carbonyl (C=O) groups excluding carboxylic acids is 2. The van der Waals surface area contributed by atoms with E-state index in [2.05, 4.69) is 15.6 Å². The van der Waals surface area contributed by atoms with Gasteiger partial charge in [0.2, 0.25) is 0 Å². The normalized spacial score (nSPS) is 10.8. The third-order valence-corrected chi connectivity index (χ3v) is 4.51. The molecule has 0 atom stereocenters. The first-order valence-electron chi connectivity index (χ1n) is 10.4. The molecular formula is C25H28N4O4. The van der Waals surface area contributed by atoms with Crippen molar-refractivity contribution in [2.24, 2.45) is 0 Å². The largest absolute Gasteiger partial charge is 0.495 e. The number of hydrogen-bond acceptors (Lipinski definition) is 6. The number of methoxy groups -OCH3 is 1. The number of benzene rings is 2.